The highest BCUT2D eigenvalue weighted by molar-refractivity contribution is 5.91. The van der Waals surface area contributed by atoms with Crippen molar-refractivity contribution < 1.29 is 24.1 Å². The Morgan fingerprint density at radius 3 is 2.29 bits per heavy atom. The van der Waals surface area contributed by atoms with Crippen LogP contribution >= 0.6 is 0 Å². The van der Waals surface area contributed by atoms with Crippen molar-refractivity contribution in [3.8, 4) is 0 Å². The molecule has 0 aliphatic heterocycles. The molecule has 0 heterocycles. The first kappa shape index (κ1) is 12.6. The van der Waals surface area contributed by atoms with Crippen molar-refractivity contribution in [1.82, 2.24) is 0 Å². The Bertz CT molecular complexity index is 219. The number of hydrogen-bond donors (Lipinski definition) is 0. The average Bonchev–Trinajstić information content (AvgIpc) is 2.12. The molecular formula is C9H14O5. The van der Waals surface area contributed by atoms with Gasteiger partial charge in [0.25, 0.3) is 0 Å². The molecule has 5 nitrogen and oxygen atoms in total. The molecule has 0 aromatic rings. The summed E-state index contributed by atoms with van der Waals surface area (Å²) in [6, 6.07) is 0. The van der Waals surface area contributed by atoms with E-state index < -0.39 is 11.9 Å². The van der Waals surface area contributed by atoms with Crippen LogP contribution < -0.4 is 0 Å². The molecule has 0 spiro atoms. The molecule has 0 fully saturated rings. The van der Waals surface area contributed by atoms with E-state index in [-0.39, 0.29) is 12.7 Å². The third-order valence-electron chi connectivity index (χ3n) is 0.965. The summed E-state index contributed by atoms with van der Waals surface area (Å²) in [6.45, 7) is 5.36. The Balaban J connectivity index is 3.76. The van der Waals surface area contributed by atoms with Crippen LogP contribution in [0, 0.1) is 0 Å². The summed E-state index contributed by atoms with van der Waals surface area (Å²) in [7, 11) is 0. The molecule has 0 saturated heterocycles. The lowest BCUT2D eigenvalue weighted by atomic mass is 10.5. The zero-order chi connectivity index (χ0) is 11.0. The number of ether oxygens (including phenoxy) is 1. The minimum absolute atomic E-state index is 0.213. The molecule has 0 radical (unpaired) electrons. The predicted octanol–water partition coefficient (Wildman–Crippen LogP) is 0.989. The lowest BCUT2D eigenvalue weighted by Crippen LogP contribution is -2.09. The minimum Gasteiger partial charge on any atom is -0.463 e. The minimum atomic E-state index is -0.744. The van der Waals surface area contributed by atoms with E-state index in [1.165, 1.54) is 0 Å². The maximum atomic E-state index is 10.8. The molecule has 5 heteroatoms. The SMILES string of the molecule is CCOC(=O)/C=C\C(=O)OOC(C)C. The smallest absolute Gasteiger partial charge is 0.366 e. The quantitative estimate of drug-likeness (QED) is 0.288. The summed E-state index contributed by atoms with van der Waals surface area (Å²) in [5.74, 6) is -1.33. The third-order valence-corrected chi connectivity index (χ3v) is 0.965. The lowest BCUT2D eigenvalue weighted by molar-refractivity contribution is -0.286. The van der Waals surface area contributed by atoms with Gasteiger partial charge in [-0.25, -0.2) is 9.59 Å². The summed E-state index contributed by atoms with van der Waals surface area (Å²) in [4.78, 5) is 30.4. The highest BCUT2D eigenvalue weighted by Gasteiger charge is 2.02. The van der Waals surface area contributed by atoms with Gasteiger partial charge in [-0.05, 0) is 20.8 Å². The van der Waals surface area contributed by atoms with Crippen LogP contribution in [0.3, 0.4) is 0 Å². The highest BCUT2D eigenvalue weighted by atomic mass is 17.2. The van der Waals surface area contributed by atoms with Gasteiger partial charge in [0.15, 0.2) is 0 Å². The third kappa shape index (κ3) is 7.30. The van der Waals surface area contributed by atoms with Gasteiger partial charge >= 0.3 is 11.9 Å². The van der Waals surface area contributed by atoms with Crippen LogP contribution in [-0.2, 0) is 24.1 Å². The zero-order valence-electron chi connectivity index (χ0n) is 8.48. The van der Waals surface area contributed by atoms with Crippen molar-refractivity contribution in [2.24, 2.45) is 0 Å². The van der Waals surface area contributed by atoms with Crippen LogP contribution in [0.2, 0.25) is 0 Å². The molecule has 0 N–H and O–H groups in total. The van der Waals surface area contributed by atoms with Crippen LogP contribution in [0.1, 0.15) is 20.8 Å². The Morgan fingerprint density at radius 1 is 1.21 bits per heavy atom. The van der Waals surface area contributed by atoms with Crippen LogP contribution in [0.5, 0.6) is 0 Å². The van der Waals surface area contributed by atoms with E-state index in [2.05, 4.69) is 14.5 Å². The molecule has 0 unspecified atom stereocenters. The van der Waals surface area contributed by atoms with Crippen LogP contribution in [0.25, 0.3) is 0 Å². The van der Waals surface area contributed by atoms with Crippen molar-refractivity contribution in [2.75, 3.05) is 6.61 Å². The lowest BCUT2D eigenvalue weighted by Gasteiger charge is -2.02. The van der Waals surface area contributed by atoms with Crippen molar-refractivity contribution in [2.45, 2.75) is 26.9 Å². The standard InChI is InChI=1S/C9H14O5/c1-4-12-8(10)5-6-9(11)14-13-7(2)3/h5-7H,4H2,1-3H3/b6-5-. The van der Waals surface area contributed by atoms with Gasteiger partial charge in [0.1, 0.15) is 0 Å². The Hall–Kier alpha value is -1.36. The number of hydrogen-bond acceptors (Lipinski definition) is 5. The molecule has 0 rings (SSSR count). The van der Waals surface area contributed by atoms with Crippen LogP contribution in [0.4, 0.5) is 0 Å². The molecule has 14 heavy (non-hydrogen) atoms. The summed E-state index contributed by atoms with van der Waals surface area (Å²) in [5.41, 5.74) is 0. The molecule has 0 atom stereocenters. The monoisotopic (exact) mass is 202 g/mol. The average molecular weight is 202 g/mol. The number of carbonyl (C=O) groups excluding carboxylic acids is 2. The van der Waals surface area contributed by atoms with Crippen molar-refractivity contribution in [3.05, 3.63) is 12.2 Å². The first-order chi connectivity index (χ1) is 6.56. The molecule has 80 valence electrons. The maximum absolute atomic E-state index is 10.8. The molecule has 0 saturated carbocycles. The van der Waals surface area contributed by atoms with E-state index in [0.717, 1.165) is 12.2 Å². The molecule has 0 amide bonds. The molecule has 0 bridgehead atoms. The maximum Gasteiger partial charge on any atom is 0.366 e. The number of carbonyl (C=O) groups is 2. The second-order valence-electron chi connectivity index (χ2n) is 2.63. The fourth-order valence-electron chi connectivity index (χ4n) is 0.498. The second kappa shape index (κ2) is 7.08. The number of esters is 1. The Morgan fingerprint density at radius 2 is 1.79 bits per heavy atom. The normalized spacial score (nSPS) is 10.6. The van der Waals surface area contributed by atoms with E-state index in [1.807, 2.05) is 0 Å². The van der Waals surface area contributed by atoms with Gasteiger partial charge in [-0.2, -0.15) is 4.89 Å². The second-order valence-corrected chi connectivity index (χ2v) is 2.63. The first-order valence-corrected chi connectivity index (χ1v) is 4.28. The molecule has 0 aromatic heterocycles. The predicted molar refractivity (Wildman–Crippen MR) is 48.1 cm³/mol. The highest BCUT2D eigenvalue weighted by Crippen LogP contribution is 1.91. The van der Waals surface area contributed by atoms with Gasteiger partial charge in [0.2, 0.25) is 0 Å². The van der Waals surface area contributed by atoms with E-state index >= 15 is 0 Å². The van der Waals surface area contributed by atoms with E-state index in [9.17, 15) is 9.59 Å². The topological polar surface area (TPSA) is 61.8 Å². The fraction of sp³-hybridized carbons (Fsp3) is 0.556. The molecule has 0 aliphatic rings. The van der Waals surface area contributed by atoms with Crippen LogP contribution in [-0.4, -0.2) is 24.6 Å². The fourth-order valence-corrected chi connectivity index (χ4v) is 0.498. The zero-order valence-corrected chi connectivity index (χ0v) is 8.48. The van der Waals surface area contributed by atoms with Crippen molar-refractivity contribution >= 4 is 11.9 Å². The van der Waals surface area contributed by atoms with Crippen molar-refractivity contribution in [1.29, 1.82) is 0 Å². The van der Waals surface area contributed by atoms with Gasteiger partial charge < -0.3 is 4.74 Å². The van der Waals surface area contributed by atoms with Gasteiger partial charge in [-0.1, -0.05) is 0 Å². The molecule has 0 aromatic carbocycles. The Labute approximate surface area is 82.6 Å². The summed E-state index contributed by atoms with van der Waals surface area (Å²) in [6.07, 6.45) is 1.71. The number of rotatable bonds is 5. The van der Waals surface area contributed by atoms with E-state index in [0.29, 0.717) is 0 Å². The first-order valence-electron chi connectivity index (χ1n) is 4.28. The largest absolute Gasteiger partial charge is 0.463 e. The van der Waals surface area contributed by atoms with Gasteiger partial charge in [-0.3, -0.25) is 4.89 Å². The van der Waals surface area contributed by atoms with E-state index in [1.54, 1.807) is 20.8 Å². The van der Waals surface area contributed by atoms with Crippen molar-refractivity contribution in [3.63, 3.8) is 0 Å². The summed E-state index contributed by atoms with van der Waals surface area (Å²) in [5, 5.41) is 0. The van der Waals surface area contributed by atoms with Gasteiger partial charge in [0, 0.05) is 12.2 Å². The molecule has 0 aliphatic carbocycles. The van der Waals surface area contributed by atoms with Gasteiger partial charge in [-0.15, -0.1) is 0 Å². The molecular weight excluding hydrogens is 188 g/mol. The van der Waals surface area contributed by atoms with Crippen LogP contribution in [0.15, 0.2) is 12.2 Å². The van der Waals surface area contributed by atoms with Gasteiger partial charge in [0.05, 0.1) is 12.7 Å². The summed E-state index contributed by atoms with van der Waals surface area (Å²) >= 11 is 0. The Kier molecular flexibility index (Phi) is 6.39. The summed E-state index contributed by atoms with van der Waals surface area (Å²) < 4.78 is 4.54. The van der Waals surface area contributed by atoms with E-state index in [4.69, 9.17) is 0 Å².